The van der Waals surface area contributed by atoms with Crippen LogP contribution < -0.4 is 10.6 Å². The molecule has 0 aliphatic carbocycles. The van der Waals surface area contributed by atoms with E-state index in [9.17, 15) is 4.79 Å². The molecular formula is C14H13BrClN3O. The van der Waals surface area contributed by atoms with Crippen LogP contribution in [-0.4, -0.2) is 17.9 Å². The van der Waals surface area contributed by atoms with Crippen molar-refractivity contribution >= 4 is 39.3 Å². The van der Waals surface area contributed by atoms with Crippen LogP contribution in [0.2, 0.25) is 5.15 Å². The summed E-state index contributed by atoms with van der Waals surface area (Å²) in [5.74, 6) is 0.375. The van der Waals surface area contributed by atoms with Crippen molar-refractivity contribution in [1.29, 1.82) is 0 Å². The maximum atomic E-state index is 12.1. The predicted molar refractivity (Wildman–Crippen MR) is 84.1 cm³/mol. The van der Waals surface area contributed by atoms with E-state index in [-0.39, 0.29) is 11.1 Å². The summed E-state index contributed by atoms with van der Waals surface area (Å²) >= 11 is 9.24. The Labute approximate surface area is 130 Å². The van der Waals surface area contributed by atoms with Gasteiger partial charge < -0.3 is 10.6 Å². The van der Waals surface area contributed by atoms with Crippen molar-refractivity contribution in [3.8, 4) is 0 Å². The fourth-order valence-corrected chi connectivity index (χ4v) is 2.12. The van der Waals surface area contributed by atoms with E-state index in [2.05, 4.69) is 31.5 Å². The summed E-state index contributed by atoms with van der Waals surface area (Å²) < 4.78 is 1.01. The number of halogens is 2. The van der Waals surface area contributed by atoms with E-state index in [0.29, 0.717) is 17.9 Å². The first-order valence-electron chi connectivity index (χ1n) is 5.96. The van der Waals surface area contributed by atoms with Gasteiger partial charge in [-0.25, -0.2) is 4.98 Å². The van der Waals surface area contributed by atoms with Crippen molar-refractivity contribution in [2.75, 3.05) is 12.4 Å². The van der Waals surface area contributed by atoms with E-state index in [1.165, 1.54) is 0 Å². The van der Waals surface area contributed by atoms with E-state index in [1.54, 1.807) is 19.2 Å². The monoisotopic (exact) mass is 353 g/mol. The number of hydrogen-bond acceptors (Lipinski definition) is 3. The summed E-state index contributed by atoms with van der Waals surface area (Å²) in [5.41, 5.74) is 1.50. The second-order valence-electron chi connectivity index (χ2n) is 4.12. The number of carbonyl (C=O) groups is 1. The molecule has 0 bridgehead atoms. The van der Waals surface area contributed by atoms with E-state index >= 15 is 0 Å². The molecule has 1 aromatic heterocycles. The van der Waals surface area contributed by atoms with E-state index in [4.69, 9.17) is 11.6 Å². The van der Waals surface area contributed by atoms with Crippen LogP contribution in [0.5, 0.6) is 0 Å². The lowest BCUT2D eigenvalue weighted by Crippen LogP contribution is -2.23. The minimum Gasteiger partial charge on any atom is -0.373 e. The summed E-state index contributed by atoms with van der Waals surface area (Å²) in [6.45, 7) is 0.459. The van der Waals surface area contributed by atoms with Gasteiger partial charge in [-0.3, -0.25) is 4.79 Å². The SMILES string of the molecule is CNc1cc(C(=O)NCc2ccc(Br)cc2)cc(Cl)n1. The molecule has 4 nitrogen and oxygen atoms in total. The number of anilines is 1. The highest BCUT2D eigenvalue weighted by Crippen LogP contribution is 2.14. The molecule has 0 saturated heterocycles. The van der Waals surface area contributed by atoms with Crippen LogP contribution in [0.4, 0.5) is 5.82 Å². The van der Waals surface area contributed by atoms with Gasteiger partial charge in [-0.05, 0) is 29.8 Å². The van der Waals surface area contributed by atoms with Gasteiger partial charge in [0.2, 0.25) is 0 Å². The molecule has 1 aromatic carbocycles. The molecule has 0 atom stereocenters. The third kappa shape index (κ3) is 3.95. The van der Waals surface area contributed by atoms with Crippen molar-refractivity contribution in [3.63, 3.8) is 0 Å². The van der Waals surface area contributed by atoms with Crippen LogP contribution in [0.3, 0.4) is 0 Å². The van der Waals surface area contributed by atoms with Crippen molar-refractivity contribution < 1.29 is 4.79 Å². The largest absolute Gasteiger partial charge is 0.373 e. The van der Waals surface area contributed by atoms with Gasteiger partial charge in [-0.1, -0.05) is 39.7 Å². The first kappa shape index (κ1) is 14.8. The molecule has 0 radical (unpaired) electrons. The van der Waals surface area contributed by atoms with Gasteiger partial charge in [0.25, 0.3) is 5.91 Å². The Morgan fingerprint density at radius 3 is 2.65 bits per heavy atom. The molecule has 0 aliphatic rings. The second kappa shape index (κ2) is 6.72. The lowest BCUT2D eigenvalue weighted by molar-refractivity contribution is 0.0951. The lowest BCUT2D eigenvalue weighted by Gasteiger charge is -2.07. The first-order valence-corrected chi connectivity index (χ1v) is 7.13. The Morgan fingerprint density at radius 1 is 1.30 bits per heavy atom. The van der Waals surface area contributed by atoms with Crippen LogP contribution in [0, 0.1) is 0 Å². The maximum absolute atomic E-state index is 12.1. The number of rotatable bonds is 4. The quantitative estimate of drug-likeness (QED) is 0.827. The van der Waals surface area contributed by atoms with Crippen LogP contribution >= 0.6 is 27.5 Å². The van der Waals surface area contributed by atoms with Crippen molar-refractivity contribution in [1.82, 2.24) is 10.3 Å². The average molecular weight is 355 g/mol. The zero-order valence-electron chi connectivity index (χ0n) is 10.8. The van der Waals surface area contributed by atoms with Crippen LogP contribution in [0.15, 0.2) is 40.9 Å². The highest BCUT2D eigenvalue weighted by Gasteiger charge is 2.08. The van der Waals surface area contributed by atoms with Crippen LogP contribution in [0.1, 0.15) is 15.9 Å². The highest BCUT2D eigenvalue weighted by atomic mass is 79.9. The molecule has 1 amide bonds. The molecule has 0 spiro atoms. The molecule has 2 aromatic rings. The highest BCUT2D eigenvalue weighted by molar-refractivity contribution is 9.10. The zero-order valence-corrected chi connectivity index (χ0v) is 13.1. The van der Waals surface area contributed by atoms with Gasteiger partial charge in [0.1, 0.15) is 11.0 Å². The molecule has 0 fully saturated rings. The summed E-state index contributed by atoms with van der Waals surface area (Å²) in [4.78, 5) is 16.1. The molecule has 2 rings (SSSR count). The molecule has 20 heavy (non-hydrogen) atoms. The Kier molecular flexibility index (Phi) is 4.98. The molecule has 1 heterocycles. The fourth-order valence-electron chi connectivity index (χ4n) is 1.64. The van der Waals surface area contributed by atoms with Gasteiger partial charge in [0, 0.05) is 23.6 Å². The summed E-state index contributed by atoms with van der Waals surface area (Å²) in [7, 11) is 1.72. The van der Waals surface area contributed by atoms with Crippen molar-refractivity contribution in [3.05, 3.63) is 57.2 Å². The third-order valence-corrected chi connectivity index (χ3v) is 3.40. The van der Waals surface area contributed by atoms with E-state index in [1.807, 2.05) is 24.3 Å². The number of aromatic nitrogens is 1. The van der Waals surface area contributed by atoms with E-state index in [0.717, 1.165) is 10.0 Å². The molecule has 0 aliphatic heterocycles. The maximum Gasteiger partial charge on any atom is 0.251 e. The van der Waals surface area contributed by atoms with Gasteiger partial charge >= 0.3 is 0 Å². The topological polar surface area (TPSA) is 54.0 Å². The number of nitrogens with zero attached hydrogens (tertiary/aromatic N) is 1. The summed E-state index contributed by atoms with van der Waals surface area (Å²) in [6, 6.07) is 11.0. The number of nitrogens with one attached hydrogen (secondary N) is 2. The first-order chi connectivity index (χ1) is 9.58. The molecule has 104 valence electrons. The summed E-state index contributed by atoms with van der Waals surface area (Å²) in [6.07, 6.45) is 0. The molecule has 6 heteroatoms. The van der Waals surface area contributed by atoms with Crippen LogP contribution in [0.25, 0.3) is 0 Å². The number of amides is 1. The van der Waals surface area contributed by atoms with Gasteiger partial charge in [-0.2, -0.15) is 0 Å². The van der Waals surface area contributed by atoms with Crippen LogP contribution in [-0.2, 0) is 6.54 Å². The molecule has 2 N–H and O–H groups in total. The number of carbonyl (C=O) groups excluding carboxylic acids is 1. The average Bonchev–Trinajstić information content (AvgIpc) is 2.45. The number of pyridine rings is 1. The number of benzene rings is 1. The number of hydrogen-bond donors (Lipinski definition) is 2. The summed E-state index contributed by atoms with van der Waals surface area (Å²) in [5, 5.41) is 5.99. The standard InChI is InChI=1S/C14H13BrClN3O/c1-17-13-7-10(6-12(16)19-13)14(20)18-8-9-2-4-11(15)5-3-9/h2-7H,8H2,1H3,(H,17,19)(H,18,20). The molecule has 0 saturated carbocycles. The Hall–Kier alpha value is -1.59. The molecular weight excluding hydrogens is 342 g/mol. The Balaban J connectivity index is 2.04. The normalized spacial score (nSPS) is 10.2. The fraction of sp³-hybridized carbons (Fsp3) is 0.143. The van der Waals surface area contributed by atoms with Gasteiger partial charge in [-0.15, -0.1) is 0 Å². The Bertz CT molecular complexity index is 616. The van der Waals surface area contributed by atoms with Gasteiger partial charge in [0.05, 0.1) is 0 Å². The predicted octanol–water partition coefficient (Wildman–Crippen LogP) is 3.47. The minimum atomic E-state index is -0.186. The van der Waals surface area contributed by atoms with E-state index < -0.39 is 0 Å². The van der Waals surface area contributed by atoms with Crippen molar-refractivity contribution in [2.24, 2.45) is 0 Å². The van der Waals surface area contributed by atoms with Crippen molar-refractivity contribution in [2.45, 2.75) is 6.54 Å². The minimum absolute atomic E-state index is 0.186. The zero-order chi connectivity index (χ0) is 14.5. The Morgan fingerprint density at radius 2 is 2.00 bits per heavy atom. The second-order valence-corrected chi connectivity index (χ2v) is 5.43. The molecule has 0 unspecified atom stereocenters. The smallest absolute Gasteiger partial charge is 0.251 e. The third-order valence-electron chi connectivity index (χ3n) is 2.68. The lowest BCUT2D eigenvalue weighted by atomic mass is 10.2. The van der Waals surface area contributed by atoms with Gasteiger partial charge in [0.15, 0.2) is 0 Å².